The highest BCUT2D eigenvalue weighted by molar-refractivity contribution is 7.90. The van der Waals surface area contributed by atoms with Crippen LogP contribution in [-0.4, -0.2) is 26.3 Å². The Morgan fingerprint density at radius 1 is 1.15 bits per heavy atom. The summed E-state index contributed by atoms with van der Waals surface area (Å²) >= 11 is 0. The van der Waals surface area contributed by atoms with Crippen molar-refractivity contribution in [1.82, 2.24) is 5.73 Å². The van der Waals surface area contributed by atoms with E-state index < -0.39 is 15.7 Å². The second-order valence-corrected chi connectivity index (χ2v) is 5.48. The predicted molar refractivity (Wildman–Crippen MR) is 50.9 cm³/mol. The number of carbonyl (C=O) groups excluding carboxylic acids is 1. The molecule has 77 valence electrons. The third-order valence-electron chi connectivity index (χ3n) is 1.67. The average Bonchev–Trinajstić information content (AvgIpc) is 1.93. The molecule has 0 fully saturated rings. The lowest BCUT2D eigenvalue weighted by molar-refractivity contribution is -0.118. The fourth-order valence-electron chi connectivity index (χ4n) is 1.00. The van der Waals surface area contributed by atoms with Crippen molar-refractivity contribution >= 4 is 15.7 Å². The van der Waals surface area contributed by atoms with E-state index in [2.05, 4.69) is 0 Å². The Labute approximate surface area is 79.4 Å². The third kappa shape index (κ3) is 11.4. The molecule has 0 heterocycles. The Bertz CT molecular complexity index is 246. The number of sulfone groups is 1. The Kier molecular flexibility index (Phi) is 5.70. The van der Waals surface area contributed by atoms with Gasteiger partial charge in [-0.15, -0.1) is 0 Å². The molecule has 0 spiro atoms. The van der Waals surface area contributed by atoms with Crippen LogP contribution in [-0.2, 0) is 14.6 Å². The fraction of sp³-hybridized carbons (Fsp3) is 0.875. The summed E-state index contributed by atoms with van der Waals surface area (Å²) in [6, 6.07) is 0. The first-order chi connectivity index (χ1) is 5.92. The van der Waals surface area contributed by atoms with E-state index in [0.29, 0.717) is 19.3 Å². The second-order valence-electron chi connectivity index (χ2n) is 3.22. The van der Waals surface area contributed by atoms with E-state index >= 15 is 0 Å². The van der Waals surface area contributed by atoms with E-state index in [1.807, 2.05) is 0 Å². The quantitative estimate of drug-likeness (QED) is 0.578. The minimum atomic E-state index is -2.83. The predicted octanol–water partition coefficient (Wildman–Crippen LogP) is 0.791. The molecule has 1 N–H and O–H groups in total. The molecule has 0 saturated carbocycles. The average molecular weight is 206 g/mol. The van der Waals surface area contributed by atoms with Gasteiger partial charge in [-0.1, -0.05) is 12.8 Å². The van der Waals surface area contributed by atoms with E-state index in [1.54, 1.807) is 0 Å². The van der Waals surface area contributed by atoms with Gasteiger partial charge in [-0.2, -0.15) is 0 Å². The van der Waals surface area contributed by atoms with Crippen LogP contribution < -0.4 is 5.73 Å². The monoisotopic (exact) mass is 206 g/mol. The van der Waals surface area contributed by atoms with Gasteiger partial charge in [-0.25, -0.2) is 8.42 Å². The molecule has 5 heteroatoms. The zero-order chi connectivity index (χ0) is 10.3. The van der Waals surface area contributed by atoms with Crippen molar-refractivity contribution in [3.63, 3.8) is 0 Å². The van der Waals surface area contributed by atoms with E-state index in [0.717, 1.165) is 12.8 Å². The minimum absolute atomic E-state index is 0.224. The van der Waals surface area contributed by atoms with Gasteiger partial charge in [-0.05, 0) is 12.8 Å². The van der Waals surface area contributed by atoms with Gasteiger partial charge in [0, 0.05) is 18.4 Å². The minimum Gasteiger partial charge on any atom is -0.273 e. The molecule has 1 amide bonds. The van der Waals surface area contributed by atoms with Crippen molar-refractivity contribution < 1.29 is 13.2 Å². The Balaban J connectivity index is 3.23. The molecule has 13 heavy (non-hydrogen) atoms. The summed E-state index contributed by atoms with van der Waals surface area (Å²) in [7, 11) is -2.83. The second kappa shape index (κ2) is 5.96. The molecule has 1 radical (unpaired) electrons. The number of nitrogens with one attached hydrogen (secondary N) is 1. The lowest BCUT2D eigenvalue weighted by atomic mass is 10.1. The molecular formula is C8H16NO3S. The summed E-state index contributed by atoms with van der Waals surface area (Å²) < 4.78 is 21.4. The number of hydrogen-bond acceptors (Lipinski definition) is 3. The van der Waals surface area contributed by atoms with Gasteiger partial charge in [0.1, 0.15) is 9.84 Å². The normalized spacial score (nSPS) is 11.5. The largest absolute Gasteiger partial charge is 0.273 e. The summed E-state index contributed by atoms with van der Waals surface area (Å²) in [5.41, 5.74) is 6.62. The van der Waals surface area contributed by atoms with Crippen molar-refractivity contribution in [2.24, 2.45) is 0 Å². The maximum Gasteiger partial charge on any atom is 0.238 e. The molecule has 4 nitrogen and oxygen atoms in total. The third-order valence-corrected chi connectivity index (χ3v) is 2.70. The van der Waals surface area contributed by atoms with Crippen LogP contribution in [0.5, 0.6) is 0 Å². The number of hydrogen-bond donors (Lipinski definition) is 0. The molecular weight excluding hydrogens is 190 g/mol. The van der Waals surface area contributed by atoms with E-state index in [4.69, 9.17) is 5.73 Å². The van der Waals surface area contributed by atoms with Crippen molar-refractivity contribution in [2.75, 3.05) is 12.0 Å². The molecule has 0 aromatic rings. The Morgan fingerprint density at radius 3 is 2.15 bits per heavy atom. The maximum atomic E-state index is 10.7. The first-order valence-electron chi connectivity index (χ1n) is 4.34. The van der Waals surface area contributed by atoms with Gasteiger partial charge < -0.3 is 0 Å². The molecule has 0 bridgehead atoms. The van der Waals surface area contributed by atoms with Crippen LogP contribution in [0.2, 0.25) is 0 Å². The SMILES string of the molecule is CS(=O)(=O)CCCCCCC([NH])=O. The highest BCUT2D eigenvalue weighted by Gasteiger charge is 2.01. The maximum absolute atomic E-state index is 10.7. The molecule has 0 atom stereocenters. The highest BCUT2D eigenvalue weighted by Crippen LogP contribution is 2.04. The highest BCUT2D eigenvalue weighted by atomic mass is 32.2. The molecule has 0 aliphatic heterocycles. The van der Waals surface area contributed by atoms with E-state index in [-0.39, 0.29) is 5.75 Å². The van der Waals surface area contributed by atoms with Crippen LogP contribution in [0, 0.1) is 0 Å². The van der Waals surface area contributed by atoms with Gasteiger partial charge in [-0.3, -0.25) is 10.5 Å². The Hall–Kier alpha value is -0.580. The van der Waals surface area contributed by atoms with Crippen molar-refractivity contribution in [3.05, 3.63) is 0 Å². The topological polar surface area (TPSA) is 75.0 Å². The first kappa shape index (κ1) is 12.4. The van der Waals surface area contributed by atoms with Gasteiger partial charge in [0.05, 0.1) is 0 Å². The lowest BCUT2D eigenvalue weighted by Crippen LogP contribution is -2.02. The zero-order valence-electron chi connectivity index (χ0n) is 7.88. The van der Waals surface area contributed by atoms with Crippen LogP contribution in [0.25, 0.3) is 0 Å². The molecule has 0 saturated heterocycles. The Morgan fingerprint density at radius 2 is 1.69 bits per heavy atom. The van der Waals surface area contributed by atoms with Crippen LogP contribution in [0.15, 0.2) is 0 Å². The summed E-state index contributed by atoms with van der Waals surface area (Å²) in [5.74, 6) is -0.315. The van der Waals surface area contributed by atoms with Crippen LogP contribution in [0.4, 0.5) is 0 Å². The van der Waals surface area contributed by atoms with Crippen molar-refractivity contribution in [3.8, 4) is 0 Å². The van der Waals surface area contributed by atoms with E-state index in [9.17, 15) is 13.2 Å². The molecule has 0 aliphatic carbocycles. The molecule has 0 aromatic heterocycles. The van der Waals surface area contributed by atoms with Gasteiger partial charge in [0.25, 0.3) is 0 Å². The van der Waals surface area contributed by atoms with Gasteiger partial charge >= 0.3 is 0 Å². The number of amides is 1. The smallest absolute Gasteiger partial charge is 0.238 e. The van der Waals surface area contributed by atoms with Crippen LogP contribution >= 0.6 is 0 Å². The van der Waals surface area contributed by atoms with Gasteiger partial charge in [0.15, 0.2) is 0 Å². The standard InChI is InChI=1S/C8H16NO3S/c1-13(11,12)7-5-3-2-4-6-8(9)10/h9H,2-7H2,1H3. The number of carbonyl (C=O) groups is 1. The fourth-order valence-corrected chi connectivity index (χ4v) is 1.73. The summed E-state index contributed by atoms with van der Waals surface area (Å²) in [6.45, 7) is 0. The lowest BCUT2D eigenvalue weighted by Gasteiger charge is -1.98. The van der Waals surface area contributed by atoms with E-state index in [1.165, 1.54) is 6.26 Å². The molecule has 0 aliphatic rings. The summed E-state index contributed by atoms with van der Waals surface area (Å²) in [5, 5.41) is 0. The molecule has 0 unspecified atom stereocenters. The zero-order valence-corrected chi connectivity index (χ0v) is 8.69. The molecule has 0 rings (SSSR count). The van der Waals surface area contributed by atoms with Crippen molar-refractivity contribution in [2.45, 2.75) is 32.1 Å². The summed E-state index contributed by atoms with van der Waals surface area (Å²) in [6.07, 6.45) is 4.52. The first-order valence-corrected chi connectivity index (χ1v) is 6.40. The molecule has 0 aromatic carbocycles. The number of unbranched alkanes of at least 4 members (excludes halogenated alkanes) is 3. The van der Waals surface area contributed by atoms with Crippen molar-refractivity contribution in [1.29, 1.82) is 0 Å². The summed E-state index contributed by atoms with van der Waals surface area (Å²) in [4.78, 5) is 10.2. The van der Waals surface area contributed by atoms with Gasteiger partial charge in [0.2, 0.25) is 5.91 Å². The van der Waals surface area contributed by atoms with Crippen LogP contribution in [0.3, 0.4) is 0 Å². The van der Waals surface area contributed by atoms with Crippen LogP contribution in [0.1, 0.15) is 32.1 Å². The number of rotatable bonds is 7.